The third kappa shape index (κ3) is 2.95. The number of aliphatic hydroxyl groups is 1. The highest BCUT2D eigenvalue weighted by Gasteiger charge is 2.22. The predicted molar refractivity (Wildman–Crippen MR) is 80.7 cm³/mol. The van der Waals surface area contributed by atoms with Gasteiger partial charge in [0.2, 0.25) is 0 Å². The van der Waals surface area contributed by atoms with E-state index in [2.05, 4.69) is 30.0 Å². The molecule has 102 valence electrons. The fraction of sp³-hybridized carbons (Fsp3) is 0.333. The smallest absolute Gasteiger partial charge is 0.135 e. The molecule has 0 heterocycles. The highest BCUT2D eigenvalue weighted by atomic mass is 16.5. The van der Waals surface area contributed by atoms with Crippen LogP contribution in [-0.4, -0.2) is 18.3 Å². The molecule has 0 radical (unpaired) electrons. The van der Waals surface area contributed by atoms with Crippen molar-refractivity contribution in [3.63, 3.8) is 0 Å². The Balaban J connectivity index is 1.98. The summed E-state index contributed by atoms with van der Waals surface area (Å²) < 4.78 is 5.93. The second kappa shape index (κ2) is 5.98. The molecular weight excluding hydrogens is 248 g/mol. The van der Waals surface area contributed by atoms with Crippen LogP contribution < -0.4 is 4.74 Å². The molecule has 1 aliphatic rings. The first-order valence-electron chi connectivity index (χ1n) is 7.13. The number of rotatable bonds is 4. The van der Waals surface area contributed by atoms with E-state index >= 15 is 0 Å². The fourth-order valence-electron chi connectivity index (χ4n) is 2.20. The van der Waals surface area contributed by atoms with Gasteiger partial charge in [-0.25, -0.2) is 0 Å². The van der Waals surface area contributed by atoms with Crippen LogP contribution in [0.3, 0.4) is 0 Å². The van der Waals surface area contributed by atoms with Crippen LogP contribution in [0.25, 0.3) is 10.8 Å². The molecule has 3 rings (SSSR count). The van der Waals surface area contributed by atoms with Crippen molar-refractivity contribution in [2.24, 2.45) is 5.92 Å². The lowest BCUT2D eigenvalue weighted by Crippen LogP contribution is -2.01. The zero-order valence-electron chi connectivity index (χ0n) is 11.4. The first-order chi connectivity index (χ1) is 9.88. The minimum absolute atomic E-state index is 0.0933. The van der Waals surface area contributed by atoms with E-state index in [1.165, 1.54) is 18.2 Å². The lowest BCUT2D eigenvalue weighted by atomic mass is 10.0. The van der Waals surface area contributed by atoms with Gasteiger partial charge < -0.3 is 9.84 Å². The SMILES string of the molecule is OCCC#Cc1c(OCC2CC2)ccc2ccccc12. The number of aliphatic hydroxyl groups excluding tert-OH is 1. The van der Waals surface area contributed by atoms with Gasteiger partial charge in [0.1, 0.15) is 5.75 Å². The van der Waals surface area contributed by atoms with Gasteiger partial charge in [-0.3, -0.25) is 0 Å². The van der Waals surface area contributed by atoms with Gasteiger partial charge in [0, 0.05) is 11.8 Å². The summed E-state index contributed by atoms with van der Waals surface area (Å²) in [6.07, 6.45) is 3.05. The first kappa shape index (κ1) is 13.0. The molecule has 0 unspecified atom stereocenters. The second-order valence-electron chi connectivity index (χ2n) is 5.19. The average molecular weight is 266 g/mol. The monoisotopic (exact) mass is 266 g/mol. The van der Waals surface area contributed by atoms with Gasteiger partial charge in [-0.1, -0.05) is 42.2 Å². The molecule has 2 nitrogen and oxygen atoms in total. The third-order valence-electron chi connectivity index (χ3n) is 3.51. The minimum Gasteiger partial charge on any atom is -0.492 e. The highest BCUT2D eigenvalue weighted by molar-refractivity contribution is 5.90. The summed E-state index contributed by atoms with van der Waals surface area (Å²) in [5.41, 5.74) is 0.942. The Morgan fingerprint density at radius 2 is 2.00 bits per heavy atom. The van der Waals surface area contributed by atoms with Crippen molar-refractivity contribution in [3.05, 3.63) is 42.0 Å². The molecule has 2 heteroatoms. The maximum Gasteiger partial charge on any atom is 0.135 e. The number of ether oxygens (including phenoxy) is 1. The highest BCUT2D eigenvalue weighted by Crippen LogP contribution is 2.32. The van der Waals surface area contributed by atoms with Crippen LogP contribution >= 0.6 is 0 Å². The summed E-state index contributed by atoms with van der Waals surface area (Å²) in [5.74, 6) is 7.76. The Kier molecular flexibility index (Phi) is 3.90. The molecule has 0 bridgehead atoms. The molecule has 1 saturated carbocycles. The Hall–Kier alpha value is -1.98. The normalized spacial score (nSPS) is 13.8. The van der Waals surface area contributed by atoms with Gasteiger partial charge in [0.25, 0.3) is 0 Å². The summed E-state index contributed by atoms with van der Waals surface area (Å²) >= 11 is 0. The van der Waals surface area contributed by atoms with Crippen LogP contribution in [0.2, 0.25) is 0 Å². The van der Waals surface area contributed by atoms with Gasteiger partial charge in [0.05, 0.1) is 18.8 Å². The molecule has 0 amide bonds. The van der Waals surface area contributed by atoms with Crippen molar-refractivity contribution in [2.45, 2.75) is 19.3 Å². The molecule has 0 aromatic heterocycles. The van der Waals surface area contributed by atoms with Crippen molar-refractivity contribution in [1.82, 2.24) is 0 Å². The Labute approximate surface area is 119 Å². The molecule has 20 heavy (non-hydrogen) atoms. The zero-order valence-corrected chi connectivity index (χ0v) is 11.4. The lowest BCUT2D eigenvalue weighted by Gasteiger charge is -2.10. The summed E-state index contributed by atoms with van der Waals surface area (Å²) in [6, 6.07) is 12.3. The van der Waals surface area contributed by atoms with Crippen molar-refractivity contribution in [1.29, 1.82) is 0 Å². The Bertz CT molecular complexity index is 660. The van der Waals surface area contributed by atoms with Crippen molar-refractivity contribution < 1.29 is 9.84 Å². The standard InChI is InChI=1S/C18H18O2/c19-12-4-3-7-17-16-6-2-1-5-15(16)10-11-18(17)20-13-14-8-9-14/h1-2,5-6,10-11,14,19H,4,8-9,12-13H2. The number of hydrogen-bond acceptors (Lipinski definition) is 2. The van der Waals surface area contributed by atoms with Gasteiger partial charge in [-0.15, -0.1) is 0 Å². The largest absolute Gasteiger partial charge is 0.492 e. The lowest BCUT2D eigenvalue weighted by molar-refractivity contribution is 0.299. The minimum atomic E-state index is 0.0933. The molecule has 0 atom stereocenters. The van der Waals surface area contributed by atoms with E-state index in [1.807, 2.05) is 18.2 Å². The Morgan fingerprint density at radius 1 is 1.15 bits per heavy atom. The van der Waals surface area contributed by atoms with Gasteiger partial charge >= 0.3 is 0 Å². The van der Waals surface area contributed by atoms with E-state index in [0.717, 1.165) is 29.2 Å². The summed E-state index contributed by atoms with van der Waals surface area (Å²) in [6.45, 7) is 0.878. The van der Waals surface area contributed by atoms with Crippen LogP contribution in [0.1, 0.15) is 24.8 Å². The average Bonchev–Trinajstić information content (AvgIpc) is 3.30. The summed E-state index contributed by atoms with van der Waals surface area (Å²) in [7, 11) is 0. The fourth-order valence-corrected chi connectivity index (χ4v) is 2.20. The summed E-state index contributed by atoms with van der Waals surface area (Å²) in [5, 5.41) is 11.2. The summed E-state index contributed by atoms with van der Waals surface area (Å²) in [4.78, 5) is 0. The van der Waals surface area contributed by atoms with Crippen LogP contribution in [0, 0.1) is 17.8 Å². The number of fused-ring (bicyclic) bond motifs is 1. The molecular formula is C18H18O2. The predicted octanol–water partition coefficient (Wildman–Crippen LogP) is 3.36. The molecule has 1 N–H and O–H groups in total. The van der Waals surface area contributed by atoms with E-state index in [1.54, 1.807) is 0 Å². The van der Waals surface area contributed by atoms with Gasteiger partial charge in [-0.05, 0) is 30.2 Å². The van der Waals surface area contributed by atoms with Crippen molar-refractivity contribution in [2.75, 3.05) is 13.2 Å². The molecule has 0 saturated heterocycles. The van der Waals surface area contributed by atoms with Crippen molar-refractivity contribution >= 4 is 10.8 Å². The molecule has 0 spiro atoms. The van der Waals surface area contributed by atoms with Gasteiger partial charge in [-0.2, -0.15) is 0 Å². The quantitative estimate of drug-likeness (QED) is 0.860. The molecule has 1 fully saturated rings. The van der Waals surface area contributed by atoms with E-state index in [4.69, 9.17) is 9.84 Å². The number of hydrogen-bond donors (Lipinski definition) is 1. The second-order valence-corrected chi connectivity index (χ2v) is 5.19. The molecule has 2 aromatic rings. The topological polar surface area (TPSA) is 29.5 Å². The first-order valence-corrected chi connectivity index (χ1v) is 7.13. The number of benzene rings is 2. The third-order valence-corrected chi connectivity index (χ3v) is 3.51. The molecule has 1 aliphatic carbocycles. The molecule has 0 aliphatic heterocycles. The van der Waals surface area contributed by atoms with Crippen LogP contribution in [-0.2, 0) is 0 Å². The van der Waals surface area contributed by atoms with E-state index < -0.39 is 0 Å². The molecule has 2 aromatic carbocycles. The van der Waals surface area contributed by atoms with E-state index in [9.17, 15) is 0 Å². The van der Waals surface area contributed by atoms with E-state index in [-0.39, 0.29) is 6.61 Å². The van der Waals surface area contributed by atoms with Crippen LogP contribution in [0.5, 0.6) is 5.75 Å². The van der Waals surface area contributed by atoms with Gasteiger partial charge in [0.15, 0.2) is 0 Å². The maximum atomic E-state index is 8.88. The van der Waals surface area contributed by atoms with Crippen molar-refractivity contribution in [3.8, 4) is 17.6 Å². The van der Waals surface area contributed by atoms with Crippen LogP contribution in [0.15, 0.2) is 36.4 Å². The maximum absolute atomic E-state index is 8.88. The van der Waals surface area contributed by atoms with Crippen LogP contribution in [0.4, 0.5) is 0 Å². The Morgan fingerprint density at radius 3 is 2.80 bits per heavy atom. The zero-order chi connectivity index (χ0) is 13.8. The van der Waals surface area contributed by atoms with E-state index in [0.29, 0.717) is 6.42 Å².